The fourth-order valence-corrected chi connectivity index (χ4v) is 4.43. The average molecular weight is 322 g/mol. The summed E-state index contributed by atoms with van der Waals surface area (Å²) in [4.78, 5) is 28.7. The molecule has 1 amide bonds. The molecule has 1 aromatic heterocycles. The van der Waals surface area contributed by atoms with Crippen LogP contribution in [0.3, 0.4) is 0 Å². The van der Waals surface area contributed by atoms with Crippen molar-refractivity contribution in [1.29, 1.82) is 0 Å². The topological polar surface area (TPSA) is 79.3 Å². The molecule has 0 radical (unpaired) electrons. The average Bonchev–Trinajstić information content (AvgIpc) is 3.18. The molecular formula is C16H22N2O3S. The molecule has 22 heavy (non-hydrogen) atoms. The number of rotatable bonds is 4. The van der Waals surface area contributed by atoms with Crippen LogP contribution in [0.4, 0.5) is 0 Å². The van der Waals surface area contributed by atoms with Gasteiger partial charge in [0.05, 0.1) is 17.1 Å². The second-order valence-electron chi connectivity index (χ2n) is 6.41. The summed E-state index contributed by atoms with van der Waals surface area (Å²) in [5.74, 6) is -0.542. The highest BCUT2D eigenvalue weighted by Gasteiger charge is 2.29. The Morgan fingerprint density at radius 2 is 1.82 bits per heavy atom. The zero-order chi connectivity index (χ0) is 15.5. The number of aromatic nitrogens is 1. The Hall–Kier alpha value is -1.43. The largest absolute Gasteiger partial charge is 0.481 e. The van der Waals surface area contributed by atoms with Crippen LogP contribution in [0.25, 0.3) is 0 Å². The van der Waals surface area contributed by atoms with Gasteiger partial charge >= 0.3 is 5.97 Å². The van der Waals surface area contributed by atoms with Crippen molar-refractivity contribution in [3.05, 3.63) is 16.1 Å². The SMILES string of the molecule is O=C(NC1CCC(C(=O)O)CC1)c1scnc1C1CCCC1. The first-order chi connectivity index (χ1) is 10.6. The van der Waals surface area contributed by atoms with Crippen molar-refractivity contribution in [1.82, 2.24) is 10.3 Å². The highest BCUT2D eigenvalue weighted by molar-refractivity contribution is 7.11. The van der Waals surface area contributed by atoms with Gasteiger partial charge < -0.3 is 10.4 Å². The van der Waals surface area contributed by atoms with Gasteiger partial charge in [-0.05, 0) is 38.5 Å². The van der Waals surface area contributed by atoms with E-state index in [0.29, 0.717) is 18.8 Å². The van der Waals surface area contributed by atoms with E-state index in [9.17, 15) is 9.59 Å². The number of amides is 1. The summed E-state index contributed by atoms with van der Waals surface area (Å²) in [6.07, 6.45) is 7.52. The summed E-state index contributed by atoms with van der Waals surface area (Å²) in [5, 5.41) is 12.1. The van der Waals surface area contributed by atoms with Gasteiger partial charge in [0, 0.05) is 12.0 Å². The molecular weight excluding hydrogens is 300 g/mol. The van der Waals surface area contributed by atoms with Crippen LogP contribution < -0.4 is 5.32 Å². The summed E-state index contributed by atoms with van der Waals surface area (Å²) >= 11 is 1.42. The normalized spacial score (nSPS) is 26.0. The summed E-state index contributed by atoms with van der Waals surface area (Å²) in [5.41, 5.74) is 2.74. The summed E-state index contributed by atoms with van der Waals surface area (Å²) in [6.45, 7) is 0. The first-order valence-corrected chi connectivity index (χ1v) is 9.00. The van der Waals surface area contributed by atoms with E-state index in [0.717, 1.165) is 36.3 Å². The molecule has 3 rings (SSSR count). The van der Waals surface area contributed by atoms with E-state index >= 15 is 0 Å². The molecule has 0 unspecified atom stereocenters. The number of carbonyl (C=O) groups excluding carboxylic acids is 1. The highest BCUT2D eigenvalue weighted by Crippen LogP contribution is 2.36. The lowest BCUT2D eigenvalue weighted by molar-refractivity contribution is -0.142. The van der Waals surface area contributed by atoms with Gasteiger partial charge in [-0.2, -0.15) is 0 Å². The maximum absolute atomic E-state index is 12.5. The summed E-state index contributed by atoms with van der Waals surface area (Å²) in [6, 6.07) is 0.0987. The van der Waals surface area contributed by atoms with Gasteiger partial charge in [0.2, 0.25) is 0 Å². The minimum Gasteiger partial charge on any atom is -0.481 e. The fraction of sp³-hybridized carbons (Fsp3) is 0.688. The molecule has 1 aromatic rings. The Kier molecular flexibility index (Phi) is 4.76. The van der Waals surface area contributed by atoms with E-state index < -0.39 is 5.97 Å². The third kappa shape index (κ3) is 3.32. The highest BCUT2D eigenvalue weighted by atomic mass is 32.1. The van der Waals surface area contributed by atoms with Gasteiger partial charge in [0.1, 0.15) is 4.88 Å². The molecule has 2 N–H and O–H groups in total. The minimum atomic E-state index is -0.712. The molecule has 0 atom stereocenters. The zero-order valence-corrected chi connectivity index (χ0v) is 13.4. The summed E-state index contributed by atoms with van der Waals surface area (Å²) in [7, 11) is 0. The molecule has 2 saturated carbocycles. The smallest absolute Gasteiger partial charge is 0.306 e. The molecule has 2 aliphatic rings. The van der Waals surface area contributed by atoms with Crippen molar-refractivity contribution in [2.75, 3.05) is 0 Å². The van der Waals surface area contributed by atoms with Crippen molar-refractivity contribution >= 4 is 23.2 Å². The minimum absolute atomic E-state index is 0.0248. The van der Waals surface area contributed by atoms with E-state index in [-0.39, 0.29) is 17.9 Å². The number of carboxylic acid groups (broad SMARTS) is 1. The number of hydrogen-bond acceptors (Lipinski definition) is 4. The lowest BCUT2D eigenvalue weighted by Crippen LogP contribution is -2.38. The van der Waals surface area contributed by atoms with Gasteiger partial charge in [0.15, 0.2) is 0 Å². The molecule has 5 nitrogen and oxygen atoms in total. The number of nitrogens with zero attached hydrogens (tertiary/aromatic N) is 1. The Bertz CT molecular complexity index is 543. The molecule has 6 heteroatoms. The van der Waals surface area contributed by atoms with Crippen LogP contribution >= 0.6 is 11.3 Å². The Morgan fingerprint density at radius 3 is 2.45 bits per heavy atom. The molecule has 120 valence electrons. The fourth-order valence-electron chi connectivity index (χ4n) is 3.65. The Balaban J connectivity index is 1.59. The van der Waals surface area contributed by atoms with Crippen LogP contribution in [0.5, 0.6) is 0 Å². The maximum atomic E-state index is 12.5. The second-order valence-corrected chi connectivity index (χ2v) is 7.26. The molecule has 2 aliphatic carbocycles. The number of aliphatic carboxylic acids is 1. The van der Waals surface area contributed by atoms with Crippen molar-refractivity contribution in [3.63, 3.8) is 0 Å². The molecule has 0 saturated heterocycles. The van der Waals surface area contributed by atoms with E-state index in [4.69, 9.17) is 5.11 Å². The predicted molar refractivity (Wildman–Crippen MR) is 84.2 cm³/mol. The van der Waals surface area contributed by atoms with Gasteiger partial charge in [-0.1, -0.05) is 12.8 Å². The van der Waals surface area contributed by atoms with Crippen molar-refractivity contribution in [3.8, 4) is 0 Å². The van der Waals surface area contributed by atoms with Crippen molar-refractivity contribution in [2.24, 2.45) is 5.92 Å². The van der Waals surface area contributed by atoms with Crippen LogP contribution in [-0.4, -0.2) is 28.0 Å². The van der Waals surface area contributed by atoms with Crippen LogP contribution in [0.1, 0.15) is 72.7 Å². The number of nitrogens with one attached hydrogen (secondary N) is 1. The standard InChI is InChI=1S/C16H22N2O3S/c19-15(18-12-7-5-11(6-8-12)16(20)21)14-13(17-9-22-14)10-3-1-2-4-10/h9-12H,1-8H2,(H,18,19)(H,20,21). The van der Waals surface area contributed by atoms with Crippen LogP contribution in [0, 0.1) is 5.92 Å². The van der Waals surface area contributed by atoms with Gasteiger partial charge in [-0.15, -0.1) is 11.3 Å². The summed E-state index contributed by atoms with van der Waals surface area (Å²) < 4.78 is 0. The van der Waals surface area contributed by atoms with Gasteiger partial charge in [-0.25, -0.2) is 4.98 Å². The van der Waals surface area contributed by atoms with Crippen molar-refractivity contribution in [2.45, 2.75) is 63.3 Å². The Morgan fingerprint density at radius 1 is 1.14 bits per heavy atom. The van der Waals surface area contributed by atoms with E-state index in [1.165, 1.54) is 24.2 Å². The monoisotopic (exact) mass is 322 g/mol. The molecule has 0 aliphatic heterocycles. The van der Waals surface area contributed by atoms with Gasteiger partial charge in [0.25, 0.3) is 5.91 Å². The van der Waals surface area contributed by atoms with E-state index in [1.807, 2.05) is 0 Å². The second kappa shape index (κ2) is 6.77. The maximum Gasteiger partial charge on any atom is 0.306 e. The lowest BCUT2D eigenvalue weighted by atomic mass is 9.86. The van der Waals surface area contributed by atoms with Crippen LogP contribution in [0.15, 0.2) is 5.51 Å². The first-order valence-electron chi connectivity index (χ1n) is 8.12. The van der Waals surface area contributed by atoms with Crippen LogP contribution in [-0.2, 0) is 4.79 Å². The van der Waals surface area contributed by atoms with Crippen LogP contribution in [0.2, 0.25) is 0 Å². The Labute approximate surface area is 134 Å². The molecule has 0 spiro atoms. The van der Waals surface area contributed by atoms with E-state index in [2.05, 4.69) is 10.3 Å². The molecule has 0 aromatic carbocycles. The number of carbonyl (C=O) groups is 2. The van der Waals surface area contributed by atoms with Crippen molar-refractivity contribution < 1.29 is 14.7 Å². The van der Waals surface area contributed by atoms with E-state index in [1.54, 1.807) is 5.51 Å². The predicted octanol–water partition coefficient (Wildman–Crippen LogP) is 3.17. The zero-order valence-electron chi connectivity index (χ0n) is 12.6. The first kappa shape index (κ1) is 15.5. The molecule has 1 heterocycles. The molecule has 0 bridgehead atoms. The lowest BCUT2D eigenvalue weighted by Gasteiger charge is -2.26. The van der Waals surface area contributed by atoms with Gasteiger partial charge in [-0.3, -0.25) is 9.59 Å². The number of hydrogen-bond donors (Lipinski definition) is 2. The quantitative estimate of drug-likeness (QED) is 0.892. The third-order valence-corrected chi connectivity index (χ3v) is 5.80. The number of thiazole rings is 1. The molecule has 2 fully saturated rings. The number of carboxylic acids is 1. The third-order valence-electron chi connectivity index (χ3n) is 4.95.